The molecule has 0 aliphatic carbocycles. The third-order valence-corrected chi connectivity index (χ3v) is 6.90. The van der Waals surface area contributed by atoms with Gasteiger partial charge < -0.3 is 25.0 Å². The first-order valence-electron chi connectivity index (χ1n) is 13.0. The number of aliphatic hydroxyl groups is 4. The number of rotatable bonds is 13. The van der Waals surface area contributed by atoms with Crippen LogP contribution in [-0.2, 0) is 17.9 Å². The molecule has 206 valence electrons. The standard InChI is InChI=1S/C30H35N3O6/c34-18-15-27(35)30(38)28(36)20-32(19-22-11-9-21(10-12-22)13-14-29(37)31-39)16-17-33-25-7-3-1-5-23(25)24-6-2-4-8-26(24)33/h1-14,27-28,30,34-36,38-39H,15-20H2,(H,31,37)/b14-13+/t27-,28+,30+/m1/s1. The van der Waals surface area contributed by atoms with Crippen LogP contribution in [0.5, 0.6) is 0 Å². The predicted octanol–water partition coefficient (Wildman–Crippen LogP) is 2.28. The van der Waals surface area contributed by atoms with E-state index < -0.39 is 24.2 Å². The Morgan fingerprint density at radius 1 is 0.897 bits per heavy atom. The van der Waals surface area contributed by atoms with E-state index >= 15 is 0 Å². The Kier molecular flexibility index (Phi) is 9.83. The number of amides is 1. The molecule has 9 nitrogen and oxygen atoms in total. The molecule has 0 bridgehead atoms. The summed E-state index contributed by atoms with van der Waals surface area (Å²) in [6, 6.07) is 24.0. The van der Waals surface area contributed by atoms with E-state index in [4.69, 9.17) is 10.3 Å². The van der Waals surface area contributed by atoms with E-state index in [0.717, 1.165) is 22.2 Å². The monoisotopic (exact) mass is 533 g/mol. The smallest absolute Gasteiger partial charge is 0.267 e. The van der Waals surface area contributed by atoms with Crippen LogP contribution in [-0.4, -0.2) is 79.0 Å². The number of fused-ring (bicyclic) bond motifs is 3. The summed E-state index contributed by atoms with van der Waals surface area (Å²) in [5.74, 6) is -0.619. The van der Waals surface area contributed by atoms with E-state index in [1.165, 1.54) is 16.8 Å². The summed E-state index contributed by atoms with van der Waals surface area (Å²) in [5, 5.41) is 51.4. The van der Waals surface area contributed by atoms with Crippen molar-refractivity contribution in [2.75, 3.05) is 19.7 Å². The topological polar surface area (TPSA) is 138 Å². The number of benzene rings is 3. The van der Waals surface area contributed by atoms with Gasteiger partial charge in [0.05, 0.1) is 12.2 Å². The van der Waals surface area contributed by atoms with Gasteiger partial charge in [0.1, 0.15) is 6.10 Å². The summed E-state index contributed by atoms with van der Waals surface area (Å²) in [5.41, 5.74) is 5.51. The minimum atomic E-state index is -1.39. The molecule has 0 aliphatic heterocycles. The molecule has 39 heavy (non-hydrogen) atoms. The van der Waals surface area contributed by atoms with Gasteiger partial charge in [-0.2, -0.15) is 0 Å². The molecule has 6 N–H and O–H groups in total. The molecule has 0 unspecified atom stereocenters. The average molecular weight is 534 g/mol. The zero-order chi connectivity index (χ0) is 27.8. The normalized spacial score (nSPS) is 14.3. The van der Waals surface area contributed by atoms with E-state index in [9.17, 15) is 20.1 Å². The number of carbonyl (C=O) groups excluding carboxylic acids is 1. The first-order chi connectivity index (χ1) is 18.9. The molecule has 0 radical (unpaired) electrons. The van der Waals surface area contributed by atoms with Crippen LogP contribution in [0.15, 0.2) is 78.9 Å². The van der Waals surface area contributed by atoms with Gasteiger partial charge in [-0.15, -0.1) is 0 Å². The predicted molar refractivity (Wildman–Crippen MR) is 150 cm³/mol. The second kappa shape index (κ2) is 13.5. The van der Waals surface area contributed by atoms with Crippen molar-refractivity contribution in [3.8, 4) is 0 Å². The van der Waals surface area contributed by atoms with Crippen LogP contribution in [0.4, 0.5) is 0 Å². The van der Waals surface area contributed by atoms with Crippen molar-refractivity contribution in [2.45, 2.75) is 37.8 Å². The van der Waals surface area contributed by atoms with Crippen LogP contribution in [0.1, 0.15) is 17.5 Å². The molecule has 4 rings (SSSR count). The highest BCUT2D eigenvalue weighted by Crippen LogP contribution is 2.28. The molecule has 3 atom stereocenters. The summed E-state index contributed by atoms with van der Waals surface area (Å²) < 4.78 is 2.25. The number of aliphatic hydroxyl groups excluding tert-OH is 4. The molecule has 9 heteroatoms. The number of nitrogens with one attached hydrogen (secondary N) is 1. The lowest BCUT2D eigenvalue weighted by Gasteiger charge is -2.29. The fraction of sp³-hybridized carbons (Fsp3) is 0.300. The largest absolute Gasteiger partial charge is 0.396 e. The maximum atomic E-state index is 11.2. The Labute approximate surface area is 226 Å². The third-order valence-electron chi connectivity index (χ3n) is 6.90. The molecule has 0 saturated heterocycles. The van der Waals surface area contributed by atoms with Gasteiger partial charge >= 0.3 is 0 Å². The van der Waals surface area contributed by atoms with Crippen molar-refractivity contribution in [2.24, 2.45) is 0 Å². The van der Waals surface area contributed by atoms with Crippen molar-refractivity contribution in [3.63, 3.8) is 0 Å². The fourth-order valence-corrected chi connectivity index (χ4v) is 4.85. The number of carbonyl (C=O) groups is 1. The molecule has 0 aliphatic rings. The Balaban J connectivity index is 1.55. The lowest BCUT2D eigenvalue weighted by atomic mass is 10.0. The summed E-state index contributed by atoms with van der Waals surface area (Å²) in [6.45, 7) is 1.48. The maximum Gasteiger partial charge on any atom is 0.267 e. The van der Waals surface area contributed by atoms with E-state index in [1.807, 2.05) is 53.4 Å². The molecule has 0 fully saturated rings. The first kappa shape index (κ1) is 28.4. The minimum absolute atomic E-state index is 0.0249. The van der Waals surface area contributed by atoms with Gasteiger partial charge in [-0.3, -0.25) is 14.9 Å². The zero-order valence-electron chi connectivity index (χ0n) is 21.6. The number of nitrogens with zero attached hydrogens (tertiary/aromatic N) is 2. The Hall–Kier alpha value is -3.57. The molecule has 1 aromatic heterocycles. The van der Waals surface area contributed by atoms with Crippen LogP contribution in [0.3, 0.4) is 0 Å². The number of hydrogen-bond acceptors (Lipinski definition) is 7. The van der Waals surface area contributed by atoms with Gasteiger partial charge in [-0.05, 0) is 35.8 Å². The minimum Gasteiger partial charge on any atom is -0.396 e. The summed E-state index contributed by atoms with van der Waals surface area (Å²) in [6.07, 6.45) is -1.06. The summed E-state index contributed by atoms with van der Waals surface area (Å²) in [4.78, 5) is 13.3. The number of hydrogen-bond donors (Lipinski definition) is 6. The highest BCUT2D eigenvalue weighted by atomic mass is 16.5. The quantitative estimate of drug-likeness (QED) is 0.0881. The zero-order valence-corrected chi connectivity index (χ0v) is 21.6. The molecular formula is C30H35N3O6. The number of para-hydroxylation sites is 2. The lowest BCUT2D eigenvalue weighted by Crippen LogP contribution is -2.45. The maximum absolute atomic E-state index is 11.2. The Morgan fingerprint density at radius 3 is 2.10 bits per heavy atom. The Bertz CT molecular complexity index is 1350. The van der Waals surface area contributed by atoms with Crippen LogP contribution in [0, 0.1) is 0 Å². The van der Waals surface area contributed by atoms with E-state index in [2.05, 4.69) is 28.8 Å². The molecule has 0 saturated carbocycles. The van der Waals surface area contributed by atoms with E-state index in [1.54, 1.807) is 11.6 Å². The van der Waals surface area contributed by atoms with Gasteiger partial charge in [-0.25, -0.2) is 5.48 Å². The van der Waals surface area contributed by atoms with Crippen molar-refractivity contribution in [1.82, 2.24) is 14.9 Å². The van der Waals surface area contributed by atoms with Crippen molar-refractivity contribution < 1.29 is 30.4 Å². The van der Waals surface area contributed by atoms with E-state index in [-0.39, 0.29) is 19.6 Å². The average Bonchev–Trinajstić information content (AvgIpc) is 3.28. The number of hydroxylamine groups is 1. The second-order valence-electron chi connectivity index (χ2n) is 9.61. The molecule has 4 aromatic rings. The molecule has 0 spiro atoms. The SMILES string of the molecule is O=C(/C=C/c1ccc(CN(CCn2c3ccccc3c3ccccc32)C[C@H](O)[C@@H](O)[C@H](O)CCO)cc1)NO. The van der Waals surface area contributed by atoms with Gasteiger partial charge in [0, 0.05) is 60.7 Å². The molecule has 3 aromatic carbocycles. The molecule has 1 amide bonds. The van der Waals surface area contributed by atoms with Crippen molar-refractivity contribution in [3.05, 3.63) is 90.0 Å². The fourth-order valence-electron chi connectivity index (χ4n) is 4.85. The molecule has 1 heterocycles. The second-order valence-corrected chi connectivity index (χ2v) is 9.61. The number of aromatic nitrogens is 1. The van der Waals surface area contributed by atoms with Crippen LogP contribution in [0.25, 0.3) is 27.9 Å². The van der Waals surface area contributed by atoms with Crippen molar-refractivity contribution >= 4 is 33.8 Å². The van der Waals surface area contributed by atoms with Crippen molar-refractivity contribution in [1.29, 1.82) is 0 Å². The lowest BCUT2D eigenvalue weighted by molar-refractivity contribution is -0.124. The Morgan fingerprint density at radius 2 is 1.51 bits per heavy atom. The van der Waals surface area contributed by atoms with Gasteiger partial charge in [0.25, 0.3) is 5.91 Å². The van der Waals surface area contributed by atoms with Gasteiger partial charge in [-0.1, -0.05) is 60.7 Å². The van der Waals surface area contributed by atoms with E-state index in [0.29, 0.717) is 19.6 Å². The third kappa shape index (κ3) is 7.10. The van der Waals surface area contributed by atoms with Crippen LogP contribution >= 0.6 is 0 Å². The van der Waals surface area contributed by atoms with Crippen LogP contribution in [0.2, 0.25) is 0 Å². The molecular weight excluding hydrogens is 498 g/mol. The van der Waals surface area contributed by atoms with Gasteiger partial charge in [0.2, 0.25) is 0 Å². The highest BCUT2D eigenvalue weighted by molar-refractivity contribution is 6.07. The van der Waals surface area contributed by atoms with Crippen LogP contribution < -0.4 is 5.48 Å². The first-order valence-corrected chi connectivity index (χ1v) is 13.0. The highest BCUT2D eigenvalue weighted by Gasteiger charge is 2.26. The summed E-state index contributed by atoms with van der Waals surface area (Å²) in [7, 11) is 0. The van der Waals surface area contributed by atoms with Gasteiger partial charge in [0.15, 0.2) is 0 Å². The summed E-state index contributed by atoms with van der Waals surface area (Å²) >= 11 is 0.